The topological polar surface area (TPSA) is 67.2 Å². The first-order chi connectivity index (χ1) is 13.8. The van der Waals surface area contributed by atoms with Crippen molar-refractivity contribution in [3.63, 3.8) is 0 Å². The lowest BCUT2D eigenvalue weighted by molar-refractivity contribution is -0.113. The minimum absolute atomic E-state index is 0.0303. The number of amides is 1. The van der Waals surface area contributed by atoms with E-state index in [1.54, 1.807) is 4.57 Å². The third kappa shape index (κ3) is 5.42. The van der Waals surface area contributed by atoms with Crippen molar-refractivity contribution in [2.75, 3.05) is 31.7 Å². The van der Waals surface area contributed by atoms with Gasteiger partial charge in [-0.1, -0.05) is 11.8 Å². The Kier molecular flexibility index (Phi) is 7.02. The number of hydrogen-bond acceptors (Lipinski definition) is 5. The van der Waals surface area contributed by atoms with Crippen LogP contribution in [0, 0.1) is 11.6 Å². The van der Waals surface area contributed by atoms with E-state index in [2.05, 4.69) is 15.2 Å². The van der Waals surface area contributed by atoms with Crippen LogP contribution in [0.1, 0.15) is 24.1 Å². The van der Waals surface area contributed by atoms with Gasteiger partial charge < -0.3 is 10.2 Å². The van der Waals surface area contributed by atoms with Gasteiger partial charge in [-0.25, -0.2) is 13.6 Å². The zero-order valence-electron chi connectivity index (χ0n) is 16.5. The average molecular weight is 423 g/mol. The Labute approximate surface area is 172 Å². The molecule has 0 spiro atoms. The summed E-state index contributed by atoms with van der Waals surface area (Å²) in [5.41, 5.74) is 1.96. The number of fused-ring (bicyclic) bond motifs is 1. The molecule has 1 amide bonds. The molecule has 3 rings (SSSR count). The Hall–Kier alpha value is -2.26. The average Bonchev–Trinajstić information content (AvgIpc) is 3.14. The van der Waals surface area contributed by atoms with Gasteiger partial charge in [0, 0.05) is 29.6 Å². The van der Waals surface area contributed by atoms with E-state index in [0.717, 1.165) is 55.6 Å². The summed E-state index contributed by atoms with van der Waals surface area (Å²) < 4.78 is 28.0. The molecule has 156 valence electrons. The second kappa shape index (κ2) is 9.49. The van der Waals surface area contributed by atoms with Crippen LogP contribution in [0.2, 0.25) is 0 Å². The molecule has 1 aromatic heterocycles. The van der Waals surface area contributed by atoms with Crippen molar-refractivity contribution in [2.24, 2.45) is 0 Å². The Balaban J connectivity index is 1.67. The van der Waals surface area contributed by atoms with Gasteiger partial charge in [0.2, 0.25) is 5.91 Å². The van der Waals surface area contributed by atoms with Crippen LogP contribution in [-0.4, -0.2) is 46.8 Å². The summed E-state index contributed by atoms with van der Waals surface area (Å²) in [5, 5.41) is 3.12. The quantitative estimate of drug-likeness (QED) is 0.523. The Morgan fingerprint density at radius 1 is 1.28 bits per heavy atom. The van der Waals surface area contributed by atoms with Crippen LogP contribution in [0.4, 0.5) is 14.5 Å². The molecule has 2 aromatic rings. The highest BCUT2D eigenvalue weighted by Gasteiger charge is 2.22. The fraction of sp³-hybridized carbons (Fsp3) is 0.450. The molecule has 1 aliphatic carbocycles. The monoisotopic (exact) mass is 422 g/mol. The number of carbonyl (C=O) groups excluding carboxylic acids is 1. The number of hydrogen-bond donors (Lipinski definition) is 1. The molecule has 0 radical (unpaired) electrons. The number of rotatable bonds is 8. The van der Waals surface area contributed by atoms with Gasteiger partial charge in [-0.2, -0.15) is 4.98 Å². The number of thioether (sulfide) groups is 1. The molecule has 0 bridgehead atoms. The summed E-state index contributed by atoms with van der Waals surface area (Å²) in [5.74, 6) is -2.33. The molecule has 0 aliphatic heterocycles. The van der Waals surface area contributed by atoms with Crippen LogP contribution in [0.15, 0.2) is 28.0 Å². The highest BCUT2D eigenvalue weighted by atomic mass is 32.2. The lowest BCUT2D eigenvalue weighted by Crippen LogP contribution is -2.29. The minimum Gasteiger partial charge on any atom is -0.325 e. The van der Waals surface area contributed by atoms with Crippen molar-refractivity contribution < 1.29 is 13.6 Å². The van der Waals surface area contributed by atoms with Crippen LogP contribution in [0.3, 0.4) is 0 Å². The Morgan fingerprint density at radius 3 is 2.79 bits per heavy atom. The summed E-state index contributed by atoms with van der Waals surface area (Å²) in [6.07, 6.45) is 3.50. The molecule has 1 N–H and O–H groups in total. The zero-order valence-corrected chi connectivity index (χ0v) is 17.3. The molecule has 1 aliphatic rings. The van der Waals surface area contributed by atoms with Crippen LogP contribution in [-0.2, 0) is 24.2 Å². The van der Waals surface area contributed by atoms with E-state index < -0.39 is 11.6 Å². The predicted octanol–water partition coefficient (Wildman–Crippen LogP) is 2.69. The minimum atomic E-state index is -1.02. The predicted molar refractivity (Wildman–Crippen MR) is 109 cm³/mol. The molecule has 1 heterocycles. The summed E-state index contributed by atoms with van der Waals surface area (Å²) in [4.78, 5) is 31.0. The highest BCUT2D eigenvalue weighted by molar-refractivity contribution is 8.00. The van der Waals surface area contributed by atoms with Gasteiger partial charge in [-0.3, -0.25) is 9.36 Å². The molecule has 0 unspecified atom stereocenters. The SMILES string of the molecule is CN(C)CCCn1c2c(c(SCC(=O)Nc3ccc(F)c(F)c3)nc1=O)CCC2. The summed E-state index contributed by atoms with van der Waals surface area (Å²) in [6.45, 7) is 1.52. The summed E-state index contributed by atoms with van der Waals surface area (Å²) in [6, 6.07) is 3.19. The largest absolute Gasteiger partial charge is 0.348 e. The fourth-order valence-corrected chi connectivity index (χ4v) is 4.26. The second-order valence-electron chi connectivity index (χ2n) is 7.25. The van der Waals surface area contributed by atoms with Gasteiger partial charge in [0.05, 0.1) is 5.75 Å². The van der Waals surface area contributed by atoms with Crippen LogP contribution >= 0.6 is 11.8 Å². The van der Waals surface area contributed by atoms with Crippen LogP contribution in [0.5, 0.6) is 0 Å². The maximum Gasteiger partial charge on any atom is 0.348 e. The molecule has 29 heavy (non-hydrogen) atoms. The maximum absolute atomic E-state index is 13.3. The van der Waals surface area contributed by atoms with Gasteiger partial charge in [0.1, 0.15) is 5.03 Å². The fourth-order valence-electron chi connectivity index (χ4n) is 3.39. The number of anilines is 1. The normalized spacial score (nSPS) is 13.0. The van der Waals surface area contributed by atoms with E-state index in [0.29, 0.717) is 11.6 Å². The van der Waals surface area contributed by atoms with Crippen molar-refractivity contribution in [1.82, 2.24) is 14.5 Å². The van der Waals surface area contributed by atoms with Gasteiger partial charge in [0.15, 0.2) is 11.6 Å². The van der Waals surface area contributed by atoms with Crippen LogP contribution < -0.4 is 11.0 Å². The molecule has 0 saturated carbocycles. The number of aromatic nitrogens is 2. The number of nitrogens with one attached hydrogen (secondary N) is 1. The molecule has 1 aromatic carbocycles. The first-order valence-electron chi connectivity index (χ1n) is 9.50. The van der Waals surface area contributed by atoms with Crippen LogP contribution in [0.25, 0.3) is 0 Å². The lowest BCUT2D eigenvalue weighted by atomic mass is 10.2. The number of nitrogens with zero attached hydrogens (tertiary/aromatic N) is 3. The van der Waals surface area contributed by atoms with E-state index in [4.69, 9.17) is 0 Å². The molecule has 9 heteroatoms. The smallest absolute Gasteiger partial charge is 0.325 e. The number of carbonyl (C=O) groups is 1. The van der Waals surface area contributed by atoms with E-state index in [9.17, 15) is 18.4 Å². The Bertz CT molecular complexity index is 962. The molecular weight excluding hydrogens is 398 g/mol. The lowest BCUT2D eigenvalue weighted by Gasteiger charge is -2.15. The number of halogens is 2. The third-order valence-electron chi connectivity index (χ3n) is 4.73. The molecule has 0 saturated heterocycles. The molecular formula is C20H24F2N4O2S. The van der Waals surface area contributed by atoms with Crippen molar-refractivity contribution in [3.8, 4) is 0 Å². The molecule has 0 fully saturated rings. The van der Waals surface area contributed by atoms with Gasteiger partial charge in [-0.05, 0) is 58.5 Å². The van der Waals surface area contributed by atoms with E-state index in [-0.39, 0.29) is 23.0 Å². The summed E-state index contributed by atoms with van der Waals surface area (Å²) in [7, 11) is 3.99. The standard InChI is InChI=1S/C20H24F2N4O2S/c1-25(2)9-4-10-26-17-6-3-5-14(17)19(24-20(26)28)29-12-18(27)23-13-7-8-15(21)16(22)11-13/h7-8,11H,3-6,9-10,12H2,1-2H3,(H,23,27). The highest BCUT2D eigenvalue weighted by Crippen LogP contribution is 2.29. The van der Waals surface area contributed by atoms with Crippen molar-refractivity contribution in [2.45, 2.75) is 37.3 Å². The molecule has 0 atom stereocenters. The molecule has 6 nitrogen and oxygen atoms in total. The number of benzene rings is 1. The third-order valence-corrected chi connectivity index (χ3v) is 5.75. The maximum atomic E-state index is 13.3. The first-order valence-corrected chi connectivity index (χ1v) is 10.5. The first kappa shape index (κ1) is 21.4. The van der Waals surface area contributed by atoms with E-state index in [1.165, 1.54) is 17.8 Å². The zero-order chi connectivity index (χ0) is 21.0. The van der Waals surface area contributed by atoms with Crippen molar-refractivity contribution >= 4 is 23.4 Å². The van der Waals surface area contributed by atoms with E-state index in [1.807, 2.05) is 14.1 Å². The van der Waals surface area contributed by atoms with Gasteiger partial charge >= 0.3 is 5.69 Å². The van der Waals surface area contributed by atoms with E-state index >= 15 is 0 Å². The van der Waals surface area contributed by atoms with Crippen molar-refractivity contribution in [3.05, 3.63) is 51.6 Å². The summed E-state index contributed by atoms with van der Waals surface area (Å²) >= 11 is 1.20. The van der Waals surface area contributed by atoms with Gasteiger partial charge in [0.25, 0.3) is 0 Å². The van der Waals surface area contributed by atoms with Gasteiger partial charge in [-0.15, -0.1) is 0 Å². The van der Waals surface area contributed by atoms with Crippen molar-refractivity contribution in [1.29, 1.82) is 0 Å². The Morgan fingerprint density at radius 2 is 2.07 bits per heavy atom. The second-order valence-corrected chi connectivity index (χ2v) is 8.22.